The van der Waals surface area contributed by atoms with Gasteiger partial charge in [-0.05, 0) is 0 Å². The standard InChI is InChI=1S/C18H12.2Sb/c1-2-12-11-17-13-7-3-5-9-15(13)18(12)16-10-6-4-8-14(16)17;;/h1-10,17-18H;;. The zero-order valence-electron chi connectivity index (χ0n) is 10.8. The molecule has 0 radical (unpaired) electrons. The van der Waals surface area contributed by atoms with Crippen molar-refractivity contribution in [2.24, 2.45) is 0 Å². The molecular formula is C18H12Sb2. The molecule has 0 saturated carbocycles. The van der Waals surface area contributed by atoms with Crippen molar-refractivity contribution in [2.75, 3.05) is 0 Å². The Morgan fingerprint density at radius 3 is 1.85 bits per heavy atom. The molecule has 0 nitrogen and oxygen atoms in total. The van der Waals surface area contributed by atoms with Crippen LogP contribution in [0.25, 0.3) is 0 Å². The summed E-state index contributed by atoms with van der Waals surface area (Å²) in [7, 11) is 0. The van der Waals surface area contributed by atoms with E-state index >= 15 is 0 Å². The van der Waals surface area contributed by atoms with Crippen LogP contribution in [0.4, 0.5) is 0 Å². The van der Waals surface area contributed by atoms with Crippen LogP contribution in [0.5, 0.6) is 0 Å². The number of hydrogen-bond acceptors (Lipinski definition) is 0. The molecule has 2 bridgehead atoms. The van der Waals surface area contributed by atoms with E-state index in [1.807, 2.05) is 3.52 Å². The van der Waals surface area contributed by atoms with E-state index < -0.39 is 0 Å². The second-order valence-electron chi connectivity index (χ2n) is 5.50. The van der Waals surface area contributed by atoms with E-state index in [4.69, 9.17) is 0 Å². The molecule has 4 aliphatic rings. The molecule has 0 saturated heterocycles. The molecule has 2 aromatic rings. The first kappa shape index (κ1) is 12.1. The Hall–Kier alpha value is -0.444. The molecular weight excluding hydrogens is 460 g/mol. The van der Waals surface area contributed by atoms with Crippen LogP contribution >= 0.6 is 0 Å². The third kappa shape index (κ3) is 1.50. The molecule has 0 N–H and O–H groups in total. The van der Waals surface area contributed by atoms with E-state index in [0.717, 1.165) is 0 Å². The van der Waals surface area contributed by atoms with Crippen molar-refractivity contribution in [1.82, 2.24) is 0 Å². The minimum absolute atomic E-state index is 0.0361. The summed E-state index contributed by atoms with van der Waals surface area (Å²) in [6, 6.07) is 18.3. The molecule has 3 aliphatic carbocycles. The number of benzene rings is 2. The van der Waals surface area contributed by atoms with E-state index in [1.165, 1.54) is 0 Å². The number of allylic oxidation sites excluding steroid dienone is 3. The normalized spacial score (nSPS) is 24.4. The van der Waals surface area contributed by atoms with Crippen molar-refractivity contribution in [3.8, 4) is 0 Å². The summed E-state index contributed by atoms with van der Waals surface area (Å²) >= 11 is -0.0193. The van der Waals surface area contributed by atoms with Crippen LogP contribution in [-0.4, -0.2) is 33.7 Å². The molecule has 0 fully saturated rings. The predicted molar refractivity (Wildman–Crippen MR) is 84.2 cm³/mol. The van der Waals surface area contributed by atoms with Gasteiger partial charge in [0.05, 0.1) is 0 Å². The van der Waals surface area contributed by atoms with Gasteiger partial charge in [0, 0.05) is 0 Å². The number of hydrogen-bond donors (Lipinski definition) is 0. The van der Waals surface area contributed by atoms with Gasteiger partial charge in [-0.15, -0.1) is 0 Å². The Balaban J connectivity index is 1.91. The summed E-state index contributed by atoms with van der Waals surface area (Å²) in [5, 5.41) is 0. The molecule has 0 unspecified atom stereocenters. The van der Waals surface area contributed by atoms with E-state index in [9.17, 15) is 0 Å². The first-order chi connectivity index (χ1) is 9.95. The average Bonchev–Trinajstić information content (AvgIpc) is 2.54. The Morgan fingerprint density at radius 2 is 1.25 bits per heavy atom. The molecule has 20 heavy (non-hydrogen) atoms. The molecule has 94 valence electrons. The van der Waals surface area contributed by atoms with Gasteiger partial charge >= 0.3 is 135 Å². The van der Waals surface area contributed by atoms with Crippen LogP contribution in [0.1, 0.15) is 34.1 Å². The van der Waals surface area contributed by atoms with Gasteiger partial charge in [0.25, 0.3) is 0 Å². The van der Waals surface area contributed by atoms with Crippen molar-refractivity contribution in [2.45, 2.75) is 11.8 Å². The van der Waals surface area contributed by atoms with Gasteiger partial charge in [-0.25, -0.2) is 0 Å². The van der Waals surface area contributed by atoms with Gasteiger partial charge in [0.1, 0.15) is 0 Å². The fraction of sp³-hybridized carbons (Fsp3) is 0.111. The average molecular weight is 472 g/mol. The van der Waals surface area contributed by atoms with Crippen LogP contribution < -0.4 is 0 Å². The molecule has 0 atom stereocenters. The van der Waals surface area contributed by atoms with E-state index in [0.29, 0.717) is 11.8 Å². The van der Waals surface area contributed by atoms with Crippen molar-refractivity contribution >= 4 is 33.7 Å². The van der Waals surface area contributed by atoms with Crippen LogP contribution in [0.15, 0.2) is 67.7 Å². The van der Waals surface area contributed by atoms with Gasteiger partial charge in [0.2, 0.25) is 0 Å². The van der Waals surface area contributed by atoms with Crippen molar-refractivity contribution in [1.29, 1.82) is 0 Å². The van der Waals surface area contributed by atoms with Crippen molar-refractivity contribution in [3.63, 3.8) is 0 Å². The maximum absolute atomic E-state index is 2.57. The zero-order chi connectivity index (χ0) is 13.1. The Labute approximate surface area is 134 Å². The summed E-state index contributed by atoms with van der Waals surface area (Å²) in [5.41, 5.74) is 8.04. The van der Waals surface area contributed by atoms with Crippen LogP contribution in [0, 0.1) is 0 Å². The van der Waals surface area contributed by atoms with Crippen molar-refractivity contribution in [3.05, 3.63) is 90.0 Å². The molecule has 1 aliphatic heterocycles. The monoisotopic (exact) mass is 470 g/mol. The molecule has 0 aromatic heterocycles. The Bertz CT molecular complexity index is 711. The van der Waals surface area contributed by atoms with Gasteiger partial charge < -0.3 is 0 Å². The summed E-state index contributed by atoms with van der Waals surface area (Å²) in [5.74, 6) is 1.14. The molecule has 2 aromatic carbocycles. The SMILES string of the molecule is [CH]1=CC2=[C]([Sb]=[Sb]1)C1c3ccccc3C2c2ccccc21. The zero-order valence-corrected chi connectivity index (χ0v) is 15.9. The molecule has 2 heteroatoms. The predicted octanol–water partition coefficient (Wildman–Crippen LogP) is 3.38. The van der Waals surface area contributed by atoms with E-state index in [-0.39, 0.29) is 33.7 Å². The summed E-state index contributed by atoms with van der Waals surface area (Å²) in [6.07, 6.45) is 2.50. The number of rotatable bonds is 0. The topological polar surface area (TPSA) is 0 Å². The molecule has 0 spiro atoms. The summed E-state index contributed by atoms with van der Waals surface area (Å²) < 4.78 is 4.46. The summed E-state index contributed by atoms with van der Waals surface area (Å²) in [4.78, 5) is 0. The van der Waals surface area contributed by atoms with Crippen molar-refractivity contribution < 1.29 is 0 Å². The van der Waals surface area contributed by atoms with E-state index in [1.54, 1.807) is 27.8 Å². The summed E-state index contributed by atoms with van der Waals surface area (Å²) in [6.45, 7) is 0. The van der Waals surface area contributed by atoms with Gasteiger partial charge in [-0.3, -0.25) is 0 Å². The Morgan fingerprint density at radius 1 is 0.700 bits per heavy atom. The fourth-order valence-corrected chi connectivity index (χ4v) is 16.4. The fourth-order valence-electron chi connectivity index (χ4n) is 3.86. The third-order valence-electron chi connectivity index (χ3n) is 4.60. The van der Waals surface area contributed by atoms with Crippen LogP contribution in [0.2, 0.25) is 0 Å². The van der Waals surface area contributed by atoms with E-state index in [2.05, 4.69) is 58.6 Å². The molecule has 0 amide bonds. The minimum atomic E-state index is -0.0553. The molecule has 1 heterocycles. The second kappa shape index (κ2) is 4.52. The third-order valence-corrected chi connectivity index (χ3v) is 16.7. The van der Waals surface area contributed by atoms with Gasteiger partial charge in [-0.1, -0.05) is 0 Å². The van der Waals surface area contributed by atoms with Crippen LogP contribution in [0.3, 0.4) is 0 Å². The maximum atomic E-state index is 2.57. The van der Waals surface area contributed by atoms with Gasteiger partial charge in [-0.2, -0.15) is 0 Å². The first-order valence-electron chi connectivity index (χ1n) is 6.94. The second-order valence-corrected chi connectivity index (χ2v) is 17.2. The molecule has 6 rings (SSSR count). The quantitative estimate of drug-likeness (QED) is 0.517. The van der Waals surface area contributed by atoms with Crippen LogP contribution in [-0.2, 0) is 0 Å². The van der Waals surface area contributed by atoms with Gasteiger partial charge in [0.15, 0.2) is 0 Å². The Kier molecular flexibility index (Phi) is 2.75. The first-order valence-corrected chi connectivity index (χ1v) is 18.5.